The van der Waals surface area contributed by atoms with Crippen molar-refractivity contribution in [3.63, 3.8) is 0 Å². The molecule has 0 radical (unpaired) electrons. The van der Waals surface area contributed by atoms with Crippen LogP contribution in [0.25, 0.3) is 11.3 Å². The van der Waals surface area contributed by atoms with Gasteiger partial charge < -0.3 is 5.32 Å². The van der Waals surface area contributed by atoms with Gasteiger partial charge in [0, 0.05) is 21.5 Å². The van der Waals surface area contributed by atoms with Gasteiger partial charge in [0.2, 0.25) is 0 Å². The van der Waals surface area contributed by atoms with Crippen molar-refractivity contribution in [2.24, 2.45) is 0 Å². The van der Waals surface area contributed by atoms with E-state index in [1.54, 1.807) is 12.1 Å². The van der Waals surface area contributed by atoms with Crippen molar-refractivity contribution in [2.45, 2.75) is 0 Å². The van der Waals surface area contributed by atoms with E-state index in [-0.39, 0.29) is 5.11 Å². The number of benzene rings is 2. The molecular formula is C17H11ClFN3OS2. The lowest BCUT2D eigenvalue weighted by Gasteiger charge is -2.07. The summed E-state index contributed by atoms with van der Waals surface area (Å²) in [5.74, 6) is -0.832. The topological polar surface area (TPSA) is 54.0 Å². The molecule has 0 aliphatic carbocycles. The lowest BCUT2D eigenvalue weighted by molar-refractivity contribution is 0.0977. The van der Waals surface area contributed by atoms with Crippen molar-refractivity contribution < 1.29 is 9.18 Å². The molecular weight excluding hydrogens is 381 g/mol. The Morgan fingerprint density at radius 1 is 1.12 bits per heavy atom. The summed E-state index contributed by atoms with van der Waals surface area (Å²) < 4.78 is 12.9. The number of nitrogens with one attached hydrogen (secondary N) is 2. The van der Waals surface area contributed by atoms with Gasteiger partial charge in [0.05, 0.1) is 5.69 Å². The monoisotopic (exact) mass is 391 g/mol. The van der Waals surface area contributed by atoms with Gasteiger partial charge in [0.15, 0.2) is 10.2 Å². The molecule has 1 aromatic heterocycles. The van der Waals surface area contributed by atoms with E-state index in [1.165, 1.54) is 35.6 Å². The molecule has 25 heavy (non-hydrogen) atoms. The number of carbonyl (C=O) groups is 1. The molecule has 0 spiro atoms. The molecule has 0 bridgehead atoms. The number of halogens is 2. The van der Waals surface area contributed by atoms with Gasteiger partial charge in [-0.05, 0) is 48.6 Å². The number of hydrogen-bond donors (Lipinski definition) is 2. The van der Waals surface area contributed by atoms with Crippen molar-refractivity contribution in [3.8, 4) is 11.3 Å². The molecule has 0 aliphatic rings. The first kappa shape index (κ1) is 17.5. The van der Waals surface area contributed by atoms with Crippen LogP contribution in [0.2, 0.25) is 5.02 Å². The molecule has 0 fully saturated rings. The summed E-state index contributed by atoms with van der Waals surface area (Å²) in [6.07, 6.45) is 0. The fraction of sp³-hybridized carbons (Fsp3) is 0. The minimum Gasteiger partial charge on any atom is -0.308 e. The predicted molar refractivity (Wildman–Crippen MR) is 103 cm³/mol. The normalized spacial score (nSPS) is 10.3. The Morgan fingerprint density at radius 3 is 2.48 bits per heavy atom. The third-order valence-corrected chi connectivity index (χ3v) is 4.41. The van der Waals surface area contributed by atoms with Crippen LogP contribution in [0.15, 0.2) is 53.9 Å². The van der Waals surface area contributed by atoms with Crippen molar-refractivity contribution >= 4 is 51.3 Å². The quantitative estimate of drug-likeness (QED) is 0.634. The van der Waals surface area contributed by atoms with E-state index in [9.17, 15) is 9.18 Å². The first-order chi connectivity index (χ1) is 12.0. The van der Waals surface area contributed by atoms with Gasteiger partial charge in [-0.3, -0.25) is 10.1 Å². The van der Waals surface area contributed by atoms with E-state index in [1.807, 2.05) is 17.5 Å². The highest BCUT2D eigenvalue weighted by Crippen LogP contribution is 2.25. The minimum atomic E-state index is -0.424. The van der Waals surface area contributed by atoms with Crippen molar-refractivity contribution in [1.29, 1.82) is 0 Å². The Balaban J connectivity index is 1.62. The summed E-state index contributed by atoms with van der Waals surface area (Å²) in [4.78, 5) is 16.4. The number of carbonyl (C=O) groups excluding carboxylic acids is 1. The molecule has 4 nitrogen and oxygen atoms in total. The summed E-state index contributed by atoms with van der Waals surface area (Å²) in [6, 6.07) is 12.5. The zero-order valence-electron chi connectivity index (χ0n) is 12.6. The van der Waals surface area contributed by atoms with Crippen LogP contribution in [0.3, 0.4) is 0 Å². The summed E-state index contributed by atoms with van der Waals surface area (Å²) in [5, 5.41) is 8.58. The van der Waals surface area contributed by atoms with Crippen LogP contribution in [-0.4, -0.2) is 16.0 Å². The smallest absolute Gasteiger partial charge is 0.257 e. The largest absolute Gasteiger partial charge is 0.308 e. The highest BCUT2D eigenvalue weighted by atomic mass is 35.5. The first-order valence-corrected chi connectivity index (χ1v) is 8.77. The molecule has 8 heteroatoms. The molecule has 2 aromatic carbocycles. The van der Waals surface area contributed by atoms with Crippen LogP contribution in [0, 0.1) is 5.82 Å². The highest BCUT2D eigenvalue weighted by molar-refractivity contribution is 7.80. The maximum Gasteiger partial charge on any atom is 0.257 e. The SMILES string of the molecule is O=C(NC(=S)Nc1nc(-c2ccc(Cl)cc2)cs1)c1ccc(F)cc1. The second-order valence-electron chi connectivity index (χ2n) is 4.96. The van der Waals surface area contributed by atoms with Crippen LogP contribution >= 0.6 is 35.2 Å². The van der Waals surface area contributed by atoms with Crippen molar-refractivity contribution in [3.05, 3.63) is 70.3 Å². The summed E-state index contributed by atoms with van der Waals surface area (Å²) >= 11 is 12.3. The second kappa shape index (κ2) is 7.69. The summed E-state index contributed by atoms with van der Waals surface area (Å²) in [6.45, 7) is 0. The number of aromatic nitrogens is 1. The highest BCUT2D eigenvalue weighted by Gasteiger charge is 2.10. The standard InChI is InChI=1S/C17H11ClFN3OS2/c18-12-5-1-10(2-6-12)14-9-25-17(20-14)22-16(24)21-15(23)11-3-7-13(19)8-4-11/h1-9H,(H2,20,21,22,23,24). The second-order valence-corrected chi connectivity index (χ2v) is 6.66. The number of hydrogen-bond acceptors (Lipinski definition) is 4. The Kier molecular flexibility index (Phi) is 5.37. The Labute approximate surface area is 157 Å². The first-order valence-electron chi connectivity index (χ1n) is 7.10. The molecule has 2 N–H and O–H groups in total. The van der Waals surface area contributed by atoms with Gasteiger partial charge >= 0.3 is 0 Å². The number of rotatable bonds is 3. The molecule has 0 aliphatic heterocycles. The number of nitrogens with zero attached hydrogens (tertiary/aromatic N) is 1. The molecule has 0 unspecified atom stereocenters. The zero-order chi connectivity index (χ0) is 17.8. The lowest BCUT2D eigenvalue weighted by Crippen LogP contribution is -2.34. The molecule has 0 saturated carbocycles. The third kappa shape index (κ3) is 4.60. The predicted octanol–water partition coefficient (Wildman–Crippen LogP) is 4.73. The Morgan fingerprint density at radius 2 is 1.80 bits per heavy atom. The summed E-state index contributed by atoms with van der Waals surface area (Å²) in [7, 11) is 0. The fourth-order valence-electron chi connectivity index (χ4n) is 1.99. The maximum atomic E-state index is 12.9. The van der Waals surface area contributed by atoms with Crippen LogP contribution in [0.1, 0.15) is 10.4 Å². The molecule has 3 rings (SSSR count). The van der Waals surface area contributed by atoms with Gasteiger partial charge in [0.25, 0.3) is 5.91 Å². The van der Waals surface area contributed by atoms with Crippen LogP contribution in [-0.2, 0) is 0 Å². The number of thiazole rings is 1. The van der Waals surface area contributed by atoms with E-state index in [0.717, 1.165) is 11.3 Å². The van der Waals surface area contributed by atoms with Crippen molar-refractivity contribution in [1.82, 2.24) is 10.3 Å². The molecule has 1 heterocycles. The molecule has 1 amide bonds. The molecule has 126 valence electrons. The van der Waals surface area contributed by atoms with E-state index in [4.69, 9.17) is 23.8 Å². The van der Waals surface area contributed by atoms with Gasteiger partial charge in [-0.2, -0.15) is 0 Å². The van der Waals surface area contributed by atoms with Crippen LogP contribution in [0.5, 0.6) is 0 Å². The number of anilines is 1. The zero-order valence-corrected chi connectivity index (χ0v) is 15.0. The van der Waals surface area contributed by atoms with E-state index >= 15 is 0 Å². The lowest BCUT2D eigenvalue weighted by atomic mass is 10.2. The average molecular weight is 392 g/mol. The fourth-order valence-corrected chi connectivity index (χ4v) is 3.09. The van der Waals surface area contributed by atoms with Gasteiger partial charge in [-0.1, -0.05) is 23.7 Å². The van der Waals surface area contributed by atoms with Gasteiger partial charge in [0.1, 0.15) is 5.82 Å². The minimum absolute atomic E-state index is 0.117. The number of amides is 1. The van der Waals surface area contributed by atoms with Gasteiger partial charge in [-0.25, -0.2) is 9.37 Å². The maximum absolute atomic E-state index is 12.9. The summed E-state index contributed by atoms with van der Waals surface area (Å²) in [5.41, 5.74) is 2.01. The molecule has 0 atom stereocenters. The Hall–Kier alpha value is -2.35. The van der Waals surface area contributed by atoms with Gasteiger partial charge in [-0.15, -0.1) is 11.3 Å². The average Bonchev–Trinajstić information content (AvgIpc) is 3.04. The molecule has 0 saturated heterocycles. The van der Waals surface area contributed by atoms with E-state index in [2.05, 4.69) is 15.6 Å². The Bertz CT molecular complexity index is 910. The van der Waals surface area contributed by atoms with Crippen LogP contribution < -0.4 is 10.6 Å². The van der Waals surface area contributed by atoms with E-state index < -0.39 is 11.7 Å². The number of thiocarbonyl (C=S) groups is 1. The molecule has 3 aromatic rings. The van der Waals surface area contributed by atoms with Crippen molar-refractivity contribution in [2.75, 3.05) is 5.32 Å². The third-order valence-electron chi connectivity index (χ3n) is 3.20. The van der Waals surface area contributed by atoms with E-state index in [0.29, 0.717) is 15.7 Å². The van der Waals surface area contributed by atoms with Crippen LogP contribution in [0.4, 0.5) is 9.52 Å².